The van der Waals surface area contributed by atoms with Crippen LogP contribution in [0.5, 0.6) is 0 Å². The van der Waals surface area contributed by atoms with E-state index in [1.54, 1.807) is 0 Å². The molecule has 1 aliphatic heterocycles. The van der Waals surface area contributed by atoms with Gasteiger partial charge in [-0.2, -0.15) is 0 Å². The molecule has 0 aromatic heterocycles. The van der Waals surface area contributed by atoms with Crippen LogP contribution in [-0.2, 0) is 0 Å². The van der Waals surface area contributed by atoms with Crippen LogP contribution in [0.3, 0.4) is 0 Å². The number of nitrogens with zero attached hydrogens (tertiary/aromatic N) is 1. The molecule has 72 valence electrons. The normalized spacial score (nSPS) is 31.0. The van der Waals surface area contributed by atoms with E-state index in [1.807, 2.05) is 0 Å². The molecule has 0 aromatic rings. The Balaban J connectivity index is 2.65. The number of nitrogens with two attached hydrogens (primary N) is 1. The van der Waals surface area contributed by atoms with Gasteiger partial charge in [0, 0.05) is 19.5 Å². The number of hydrogen-bond acceptors (Lipinski definition) is 2. The highest BCUT2D eigenvalue weighted by atomic mass is 19.3. The summed E-state index contributed by atoms with van der Waals surface area (Å²) < 4.78 is 49.5. The van der Waals surface area contributed by atoms with Crippen molar-refractivity contribution in [3.63, 3.8) is 0 Å². The number of halogens is 4. The average Bonchev–Trinajstić information content (AvgIpc) is 1.94. The molecule has 1 heterocycles. The zero-order chi connectivity index (χ0) is 9.35. The van der Waals surface area contributed by atoms with Crippen LogP contribution in [0.4, 0.5) is 17.6 Å². The molecule has 2 N–H and O–H groups in total. The molecule has 12 heavy (non-hydrogen) atoms. The topological polar surface area (TPSA) is 29.3 Å². The van der Waals surface area contributed by atoms with Gasteiger partial charge in [0.2, 0.25) is 6.43 Å². The number of piperidine rings is 1. The quantitative estimate of drug-likeness (QED) is 0.490. The Morgan fingerprint density at radius 3 is 2.42 bits per heavy atom. The summed E-state index contributed by atoms with van der Waals surface area (Å²) in [7, 11) is 0. The first-order valence-electron chi connectivity index (χ1n) is 3.59. The Morgan fingerprint density at radius 1 is 1.42 bits per heavy atom. The Hall–Kier alpha value is -0.360. The fourth-order valence-corrected chi connectivity index (χ4v) is 1.22. The molecule has 0 aromatic carbocycles. The van der Waals surface area contributed by atoms with Gasteiger partial charge < -0.3 is 0 Å². The van der Waals surface area contributed by atoms with Crippen LogP contribution in [0.25, 0.3) is 0 Å². The molecule has 0 amide bonds. The third-order valence-corrected chi connectivity index (χ3v) is 2.01. The van der Waals surface area contributed by atoms with Crippen molar-refractivity contribution >= 4 is 0 Å². The zero-order valence-electron chi connectivity index (χ0n) is 6.31. The van der Waals surface area contributed by atoms with Gasteiger partial charge in [-0.05, 0) is 0 Å². The molecule has 0 spiro atoms. The van der Waals surface area contributed by atoms with Crippen LogP contribution in [-0.4, -0.2) is 30.4 Å². The minimum absolute atomic E-state index is 0.0315. The fourth-order valence-electron chi connectivity index (χ4n) is 1.22. The lowest BCUT2D eigenvalue weighted by molar-refractivity contribution is -0.153. The number of hydrazine groups is 1. The molecule has 0 aliphatic carbocycles. The average molecular weight is 186 g/mol. The number of alkyl halides is 4. The van der Waals surface area contributed by atoms with Crippen LogP contribution in [0.2, 0.25) is 0 Å². The Kier molecular flexibility index (Phi) is 2.58. The maximum absolute atomic E-state index is 12.7. The van der Waals surface area contributed by atoms with E-state index in [-0.39, 0.29) is 6.54 Å². The molecule has 1 unspecified atom stereocenters. The summed E-state index contributed by atoms with van der Waals surface area (Å²) in [5.74, 6) is -0.0432. The highest BCUT2D eigenvalue weighted by Crippen LogP contribution is 2.36. The van der Waals surface area contributed by atoms with E-state index >= 15 is 0 Å². The van der Waals surface area contributed by atoms with E-state index in [0.29, 0.717) is 0 Å². The van der Waals surface area contributed by atoms with E-state index < -0.39 is 31.2 Å². The second-order valence-electron chi connectivity index (χ2n) is 2.95. The van der Waals surface area contributed by atoms with Crippen LogP contribution in [0.15, 0.2) is 0 Å². The zero-order valence-corrected chi connectivity index (χ0v) is 6.31. The number of hydrogen-bond donors (Lipinski definition) is 1. The summed E-state index contributed by atoms with van der Waals surface area (Å²) in [5, 5.41) is 1.01. The molecule has 0 bridgehead atoms. The highest BCUT2D eigenvalue weighted by Gasteiger charge is 2.48. The van der Waals surface area contributed by atoms with Gasteiger partial charge in [-0.25, -0.2) is 22.6 Å². The van der Waals surface area contributed by atoms with Crippen LogP contribution in [0, 0.1) is 5.92 Å². The minimum atomic E-state index is -3.27. The third kappa shape index (κ3) is 1.87. The lowest BCUT2D eigenvalue weighted by Crippen LogP contribution is -2.52. The highest BCUT2D eigenvalue weighted by molar-refractivity contribution is 4.85. The maximum atomic E-state index is 12.7. The predicted molar refractivity (Wildman–Crippen MR) is 34.8 cm³/mol. The first-order chi connectivity index (χ1) is 5.43. The number of rotatable bonds is 1. The Morgan fingerprint density at radius 2 is 2.00 bits per heavy atom. The van der Waals surface area contributed by atoms with E-state index in [0.717, 1.165) is 5.01 Å². The van der Waals surface area contributed by atoms with Crippen LogP contribution >= 0.6 is 0 Å². The summed E-state index contributed by atoms with van der Waals surface area (Å²) in [6, 6.07) is 0. The molecule has 1 rings (SSSR count). The molecule has 1 aliphatic rings. The van der Waals surface area contributed by atoms with Crippen molar-refractivity contribution in [1.29, 1.82) is 0 Å². The van der Waals surface area contributed by atoms with Crippen molar-refractivity contribution < 1.29 is 17.6 Å². The van der Waals surface area contributed by atoms with E-state index in [1.165, 1.54) is 0 Å². The third-order valence-electron chi connectivity index (χ3n) is 2.01. The first-order valence-corrected chi connectivity index (χ1v) is 3.59. The van der Waals surface area contributed by atoms with E-state index in [9.17, 15) is 17.6 Å². The second-order valence-corrected chi connectivity index (χ2v) is 2.95. The molecule has 0 saturated carbocycles. The van der Waals surface area contributed by atoms with E-state index in [2.05, 4.69) is 0 Å². The van der Waals surface area contributed by atoms with Crippen molar-refractivity contribution in [3.05, 3.63) is 0 Å². The van der Waals surface area contributed by atoms with Gasteiger partial charge in [0.15, 0.2) is 0 Å². The Labute approximate surface area is 67.3 Å². The van der Waals surface area contributed by atoms with Gasteiger partial charge in [-0.1, -0.05) is 0 Å². The van der Waals surface area contributed by atoms with Crippen molar-refractivity contribution in [2.75, 3.05) is 13.1 Å². The molecule has 0 radical (unpaired) electrons. The first kappa shape index (κ1) is 9.73. The maximum Gasteiger partial charge on any atom is 0.258 e. The summed E-state index contributed by atoms with van der Waals surface area (Å²) >= 11 is 0. The lowest BCUT2D eigenvalue weighted by Gasteiger charge is -2.35. The molecule has 2 nitrogen and oxygen atoms in total. The van der Waals surface area contributed by atoms with Crippen molar-refractivity contribution in [2.45, 2.75) is 18.8 Å². The molecule has 6 heteroatoms. The summed E-state index contributed by atoms with van der Waals surface area (Å²) in [4.78, 5) is 0. The van der Waals surface area contributed by atoms with Gasteiger partial charge in [0.25, 0.3) is 5.92 Å². The summed E-state index contributed by atoms with van der Waals surface area (Å²) in [5.41, 5.74) is 0. The minimum Gasteiger partial charge on any atom is -0.269 e. The Bertz CT molecular complexity index is 162. The predicted octanol–water partition coefficient (Wildman–Crippen LogP) is 1.08. The van der Waals surface area contributed by atoms with Crippen LogP contribution in [0.1, 0.15) is 6.42 Å². The van der Waals surface area contributed by atoms with Gasteiger partial charge >= 0.3 is 0 Å². The second kappa shape index (κ2) is 3.18. The molecule has 1 saturated heterocycles. The smallest absolute Gasteiger partial charge is 0.258 e. The van der Waals surface area contributed by atoms with Gasteiger partial charge in [0.05, 0.1) is 5.92 Å². The monoisotopic (exact) mass is 186 g/mol. The molecule has 1 atom stereocenters. The summed E-state index contributed by atoms with van der Waals surface area (Å²) in [6.07, 6.45) is -3.59. The molecular formula is C6H10F4N2. The standard InChI is InChI=1S/C6H10F4N2/c7-5(8)4-3-12(11)2-1-6(4,9)10/h4-5H,1-3,11H2. The van der Waals surface area contributed by atoms with Crippen molar-refractivity contribution in [3.8, 4) is 0 Å². The van der Waals surface area contributed by atoms with E-state index in [4.69, 9.17) is 5.84 Å². The van der Waals surface area contributed by atoms with Gasteiger partial charge in [-0.15, -0.1) is 0 Å². The van der Waals surface area contributed by atoms with Crippen molar-refractivity contribution in [2.24, 2.45) is 11.8 Å². The van der Waals surface area contributed by atoms with Gasteiger partial charge in [-0.3, -0.25) is 5.84 Å². The SMILES string of the molecule is NN1CCC(F)(F)C(C(F)F)C1. The summed E-state index contributed by atoms with van der Waals surface area (Å²) in [6.45, 7) is -0.471. The van der Waals surface area contributed by atoms with Crippen molar-refractivity contribution in [1.82, 2.24) is 5.01 Å². The molecular weight excluding hydrogens is 176 g/mol. The molecule has 1 fully saturated rings. The largest absolute Gasteiger partial charge is 0.269 e. The fraction of sp³-hybridized carbons (Fsp3) is 1.00. The van der Waals surface area contributed by atoms with Gasteiger partial charge in [0.1, 0.15) is 0 Å². The van der Waals surface area contributed by atoms with Crippen LogP contribution < -0.4 is 5.84 Å². The lowest BCUT2D eigenvalue weighted by atomic mass is 9.95.